The van der Waals surface area contributed by atoms with Crippen LogP contribution >= 0.6 is 0 Å². The molecule has 0 saturated carbocycles. The molecule has 0 aromatic heterocycles. The molecule has 1 aliphatic rings. The molecule has 0 aliphatic carbocycles. The molecule has 2 N–H and O–H groups in total. The fraction of sp³-hybridized carbons (Fsp3) is 0.133. The predicted molar refractivity (Wildman–Crippen MR) is 74.6 cm³/mol. The van der Waals surface area contributed by atoms with Gasteiger partial charge in [-0.15, -0.1) is 0 Å². The lowest BCUT2D eigenvalue weighted by atomic mass is 10.1. The van der Waals surface area contributed by atoms with E-state index in [4.69, 9.17) is 4.74 Å². The van der Waals surface area contributed by atoms with Crippen molar-refractivity contribution in [2.24, 2.45) is 0 Å². The van der Waals surface area contributed by atoms with Crippen molar-refractivity contribution in [3.05, 3.63) is 53.3 Å². The zero-order valence-electron chi connectivity index (χ0n) is 11.3. The van der Waals surface area contributed by atoms with Gasteiger partial charge < -0.3 is 15.4 Å². The summed E-state index contributed by atoms with van der Waals surface area (Å²) in [5.74, 6) is -3.63. The number of nitrogens with one attached hydrogen (secondary N) is 2. The number of fused-ring (bicyclic) bond motifs is 1. The predicted octanol–water partition coefficient (Wildman–Crippen LogP) is 3.68. The number of halogens is 3. The fourth-order valence-electron chi connectivity index (χ4n) is 2.17. The summed E-state index contributed by atoms with van der Waals surface area (Å²) in [6.07, 6.45) is 0.740. The van der Waals surface area contributed by atoms with Crippen LogP contribution in [0.25, 0.3) is 0 Å². The third kappa shape index (κ3) is 2.69. The Kier molecular flexibility index (Phi) is 3.62. The molecule has 7 heteroatoms. The monoisotopic (exact) mass is 308 g/mol. The minimum absolute atomic E-state index is 0.444. The number of carbonyl (C=O) groups is 1. The Hall–Kier alpha value is -2.70. The number of hydrogen-bond donors (Lipinski definition) is 2. The van der Waals surface area contributed by atoms with Crippen molar-refractivity contribution in [3.8, 4) is 5.75 Å². The maximum atomic E-state index is 13.5. The molecule has 0 bridgehead atoms. The summed E-state index contributed by atoms with van der Waals surface area (Å²) in [5.41, 5.74) is 1.00. The molecule has 0 spiro atoms. The molecule has 0 saturated heterocycles. The largest absolute Gasteiger partial charge is 0.493 e. The zero-order valence-corrected chi connectivity index (χ0v) is 11.3. The van der Waals surface area contributed by atoms with Crippen LogP contribution in [0.4, 0.5) is 29.3 Å². The second kappa shape index (κ2) is 5.59. The Morgan fingerprint density at radius 2 is 1.86 bits per heavy atom. The Morgan fingerprint density at radius 3 is 2.68 bits per heavy atom. The van der Waals surface area contributed by atoms with Gasteiger partial charge in [0.1, 0.15) is 5.75 Å². The van der Waals surface area contributed by atoms with Crippen molar-refractivity contribution >= 4 is 17.4 Å². The first kappa shape index (κ1) is 14.2. The minimum Gasteiger partial charge on any atom is -0.493 e. The zero-order chi connectivity index (χ0) is 15.7. The van der Waals surface area contributed by atoms with E-state index in [1.165, 1.54) is 0 Å². The molecule has 2 amide bonds. The number of urea groups is 1. The van der Waals surface area contributed by atoms with E-state index in [0.29, 0.717) is 12.3 Å². The maximum Gasteiger partial charge on any atom is 0.323 e. The van der Waals surface area contributed by atoms with E-state index in [-0.39, 0.29) is 0 Å². The van der Waals surface area contributed by atoms with Crippen LogP contribution in [0.2, 0.25) is 0 Å². The highest BCUT2D eigenvalue weighted by Crippen LogP contribution is 2.28. The number of anilines is 2. The van der Waals surface area contributed by atoms with E-state index in [1.54, 1.807) is 18.2 Å². The number of carbonyl (C=O) groups excluding carboxylic acids is 1. The van der Waals surface area contributed by atoms with Crippen molar-refractivity contribution in [3.63, 3.8) is 0 Å². The molecular weight excluding hydrogens is 297 g/mol. The molecule has 4 nitrogen and oxygen atoms in total. The molecular formula is C15H11F3N2O2. The number of amides is 2. The van der Waals surface area contributed by atoms with Gasteiger partial charge in [0.15, 0.2) is 17.5 Å². The Bertz CT molecular complexity index is 750. The first-order chi connectivity index (χ1) is 10.5. The van der Waals surface area contributed by atoms with E-state index in [9.17, 15) is 18.0 Å². The van der Waals surface area contributed by atoms with Gasteiger partial charge in [0.25, 0.3) is 0 Å². The molecule has 22 heavy (non-hydrogen) atoms. The highest BCUT2D eigenvalue weighted by Gasteiger charge is 2.16. The van der Waals surface area contributed by atoms with Crippen LogP contribution in [0, 0.1) is 17.5 Å². The van der Waals surface area contributed by atoms with Crippen LogP contribution in [0.3, 0.4) is 0 Å². The quantitative estimate of drug-likeness (QED) is 0.831. The highest BCUT2D eigenvalue weighted by molar-refractivity contribution is 5.99. The molecule has 1 heterocycles. The second-order valence-electron chi connectivity index (χ2n) is 4.72. The third-order valence-electron chi connectivity index (χ3n) is 3.23. The van der Waals surface area contributed by atoms with Gasteiger partial charge in [-0.2, -0.15) is 0 Å². The summed E-state index contributed by atoms with van der Waals surface area (Å²) in [6.45, 7) is 0.588. The van der Waals surface area contributed by atoms with Gasteiger partial charge in [-0.1, -0.05) is 0 Å². The van der Waals surface area contributed by atoms with Crippen LogP contribution < -0.4 is 15.4 Å². The van der Waals surface area contributed by atoms with Gasteiger partial charge in [-0.05, 0) is 35.9 Å². The van der Waals surface area contributed by atoms with Crippen molar-refractivity contribution in [2.75, 3.05) is 17.2 Å². The Labute approximate surface area is 123 Å². The van der Waals surface area contributed by atoms with E-state index in [2.05, 4.69) is 10.6 Å². The summed E-state index contributed by atoms with van der Waals surface area (Å²) >= 11 is 0. The highest BCUT2D eigenvalue weighted by atomic mass is 19.2. The number of rotatable bonds is 2. The summed E-state index contributed by atoms with van der Waals surface area (Å²) in [5, 5.41) is 4.62. The summed E-state index contributed by atoms with van der Waals surface area (Å²) < 4.78 is 44.7. The Balaban J connectivity index is 1.72. The molecule has 0 unspecified atom stereocenters. The van der Waals surface area contributed by atoms with Crippen LogP contribution in [0.1, 0.15) is 5.56 Å². The molecule has 114 valence electrons. The summed E-state index contributed by atoms with van der Waals surface area (Å²) in [7, 11) is 0. The average molecular weight is 308 g/mol. The topological polar surface area (TPSA) is 50.4 Å². The first-order valence-electron chi connectivity index (χ1n) is 6.52. The smallest absolute Gasteiger partial charge is 0.323 e. The van der Waals surface area contributed by atoms with Gasteiger partial charge in [0.2, 0.25) is 0 Å². The summed E-state index contributed by atoms with van der Waals surface area (Å²) in [6, 6.07) is 6.01. The van der Waals surface area contributed by atoms with E-state index >= 15 is 0 Å². The molecule has 0 radical (unpaired) electrons. The normalized spacial score (nSPS) is 12.5. The van der Waals surface area contributed by atoms with Crippen LogP contribution in [0.15, 0.2) is 30.3 Å². The number of ether oxygens (including phenoxy) is 1. The van der Waals surface area contributed by atoms with Crippen LogP contribution in [-0.4, -0.2) is 12.6 Å². The van der Waals surface area contributed by atoms with Crippen molar-refractivity contribution in [1.29, 1.82) is 0 Å². The van der Waals surface area contributed by atoms with Gasteiger partial charge in [-0.25, -0.2) is 18.0 Å². The van der Waals surface area contributed by atoms with Gasteiger partial charge in [0, 0.05) is 12.1 Å². The molecule has 2 aromatic carbocycles. The van der Waals surface area contributed by atoms with Crippen molar-refractivity contribution < 1.29 is 22.7 Å². The van der Waals surface area contributed by atoms with Gasteiger partial charge in [-0.3, -0.25) is 0 Å². The minimum atomic E-state index is -1.63. The average Bonchev–Trinajstić information content (AvgIpc) is 2.95. The number of benzene rings is 2. The van der Waals surface area contributed by atoms with Crippen molar-refractivity contribution in [2.45, 2.75) is 6.42 Å². The molecule has 0 fully saturated rings. The van der Waals surface area contributed by atoms with Gasteiger partial charge in [0.05, 0.1) is 12.3 Å². The van der Waals surface area contributed by atoms with Crippen LogP contribution in [0.5, 0.6) is 5.75 Å². The Morgan fingerprint density at radius 1 is 1.05 bits per heavy atom. The van der Waals surface area contributed by atoms with Crippen molar-refractivity contribution in [1.82, 2.24) is 0 Å². The molecule has 2 aromatic rings. The van der Waals surface area contributed by atoms with E-state index in [0.717, 1.165) is 29.9 Å². The standard InChI is InChI=1S/C15H11F3N2O2/c16-10-2-3-11(14(18)13(10)17)20-15(21)19-9-1-4-12-8(7-9)5-6-22-12/h1-4,7H,5-6H2,(H2,19,20,21). The molecule has 0 atom stereocenters. The SMILES string of the molecule is O=C(Nc1ccc2c(c1)CCO2)Nc1ccc(F)c(F)c1F. The lowest BCUT2D eigenvalue weighted by Crippen LogP contribution is -2.20. The number of hydrogen-bond acceptors (Lipinski definition) is 2. The molecule has 1 aliphatic heterocycles. The third-order valence-corrected chi connectivity index (χ3v) is 3.23. The fourth-order valence-corrected chi connectivity index (χ4v) is 2.17. The van der Waals surface area contributed by atoms with Gasteiger partial charge >= 0.3 is 6.03 Å². The maximum absolute atomic E-state index is 13.5. The lowest BCUT2D eigenvalue weighted by Gasteiger charge is -2.10. The van der Waals surface area contributed by atoms with Crippen LogP contribution in [-0.2, 0) is 6.42 Å². The second-order valence-corrected chi connectivity index (χ2v) is 4.72. The van der Waals surface area contributed by atoms with E-state index < -0.39 is 29.2 Å². The summed E-state index contributed by atoms with van der Waals surface area (Å²) in [4.78, 5) is 11.8. The van der Waals surface area contributed by atoms with E-state index in [1.807, 2.05) is 0 Å². The lowest BCUT2D eigenvalue weighted by molar-refractivity contribution is 0.262. The molecule has 3 rings (SSSR count). The first-order valence-corrected chi connectivity index (χ1v) is 6.52.